The molecule has 1 saturated heterocycles. The van der Waals surface area contributed by atoms with Crippen LogP contribution in [0.3, 0.4) is 0 Å². The zero-order chi connectivity index (χ0) is 20.3. The number of urea groups is 1. The van der Waals surface area contributed by atoms with Gasteiger partial charge in [0.1, 0.15) is 10.8 Å². The highest BCUT2D eigenvalue weighted by molar-refractivity contribution is 7.13. The Hall–Kier alpha value is -2.55. The summed E-state index contributed by atoms with van der Waals surface area (Å²) in [6, 6.07) is 5.45. The minimum absolute atomic E-state index is 0.0596. The van der Waals surface area contributed by atoms with Gasteiger partial charge < -0.3 is 15.5 Å². The molecule has 0 radical (unpaired) electrons. The van der Waals surface area contributed by atoms with Crippen LogP contribution in [-0.4, -0.2) is 45.7 Å². The van der Waals surface area contributed by atoms with Crippen molar-refractivity contribution >= 4 is 29.0 Å². The molecule has 0 spiro atoms. The van der Waals surface area contributed by atoms with Crippen LogP contribution in [0, 0.1) is 5.82 Å². The Morgan fingerprint density at radius 2 is 1.93 bits per heavy atom. The molecule has 1 atom stereocenters. The molecule has 3 amide bonds. The average molecular weight is 405 g/mol. The standard InChI is InChI=1S/C19H24FN5O2S/c1-19(2,3)22-18(27)25-10-4-5-12(11-25)16-23-24-17(28-16)15(26)21-14-8-6-13(20)7-9-14/h6-9,12H,4-5,10-11H2,1-3H3,(H,21,26)(H,22,27)/t12-/m1/s1. The van der Waals surface area contributed by atoms with Crippen LogP contribution in [-0.2, 0) is 0 Å². The van der Waals surface area contributed by atoms with Crippen LogP contribution < -0.4 is 10.6 Å². The number of carbonyl (C=O) groups is 2. The first-order valence-electron chi connectivity index (χ1n) is 9.19. The van der Waals surface area contributed by atoms with Crippen molar-refractivity contribution in [2.24, 2.45) is 0 Å². The van der Waals surface area contributed by atoms with Crippen molar-refractivity contribution in [3.05, 3.63) is 40.1 Å². The Morgan fingerprint density at radius 1 is 1.21 bits per heavy atom. The Morgan fingerprint density at radius 3 is 2.61 bits per heavy atom. The normalized spacial score (nSPS) is 17.3. The van der Waals surface area contributed by atoms with E-state index in [2.05, 4.69) is 20.8 Å². The molecule has 1 fully saturated rings. The molecule has 9 heteroatoms. The summed E-state index contributed by atoms with van der Waals surface area (Å²) in [5.74, 6) is -0.689. The van der Waals surface area contributed by atoms with Gasteiger partial charge >= 0.3 is 6.03 Å². The van der Waals surface area contributed by atoms with Crippen LogP contribution in [0.4, 0.5) is 14.9 Å². The van der Waals surface area contributed by atoms with Gasteiger partial charge in [-0.15, -0.1) is 10.2 Å². The summed E-state index contributed by atoms with van der Waals surface area (Å²) in [7, 11) is 0. The van der Waals surface area contributed by atoms with Crippen molar-refractivity contribution in [1.29, 1.82) is 0 Å². The van der Waals surface area contributed by atoms with E-state index < -0.39 is 0 Å². The molecular formula is C19H24FN5O2S. The van der Waals surface area contributed by atoms with Gasteiger partial charge in [-0.1, -0.05) is 11.3 Å². The summed E-state index contributed by atoms with van der Waals surface area (Å²) in [6.07, 6.45) is 1.77. The summed E-state index contributed by atoms with van der Waals surface area (Å²) in [6.45, 7) is 7.10. The van der Waals surface area contributed by atoms with Gasteiger partial charge in [-0.25, -0.2) is 9.18 Å². The van der Waals surface area contributed by atoms with Gasteiger partial charge in [-0.2, -0.15) is 0 Å². The lowest BCUT2D eigenvalue weighted by Gasteiger charge is -2.34. The van der Waals surface area contributed by atoms with E-state index in [4.69, 9.17) is 0 Å². The third-order valence-electron chi connectivity index (χ3n) is 4.28. The maximum absolute atomic E-state index is 13.0. The lowest BCUT2D eigenvalue weighted by molar-refractivity contribution is 0.102. The minimum atomic E-state index is -0.381. The summed E-state index contributed by atoms with van der Waals surface area (Å²) in [4.78, 5) is 26.6. The molecule has 2 aromatic rings. The van der Waals surface area contributed by atoms with Gasteiger partial charge in [0.25, 0.3) is 5.91 Å². The molecule has 1 aromatic heterocycles. The number of carbonyl (C=O) groups excluding carboxylic acids is 2. The Kier molecular flexibility index (Phi) is 5.93. The number of benzene rings is 1. The molecule has 1 aliphatic rings. The molecule has 2 N–H and O–H groups in total. The highest BCUT2D eigenvalue weighted by Crippen LogP contribution is 2.29. The third-order valence-corrected chi connectivity index (χ3v) is 5.36. The first-order chi connectivity index (χ1) is 13.2. The number of hydrogen-bond acceptors (Lipinski definition) is 5. The first kappa shape index (κ1) is 20.2. The number of hydrogen-bond donors (Lipinski definition) is 2. The van der Waals surface area contributed by atoms with Gasteiger partial charge in [0, 0.05) is 30.2 Å². The molecular weight excluding hydrogens is 381 g/mol. The summed E-state index contributed by atoms with van der Waals surface area (Å²) >= 11 is 1.23. The average Bonchev–Trinajstić information content (AvgIpc) is 3.13. The van der Waals surface area contributed by atoms with Crippen molar-refractivity contribution in [2.45, 2.75) is 45.1 Å². The molecule has 0 bridgehead atoms. The number of halogens is 1. The van der Waals surface area contributed by atoms with E-state index in [0.29, 0.717) is 18.8 Å². The first-order valence-corrected chi connectivity index (χ1v) is 10.0. The van der Waals surface area contributed by atoms with Crippen LogP contribution in [0.1, 0.15) is 54.3 Å². The van der Waals surface area contributed by atoms with E-state index in [9.17, 15) is 14.0 Å². The third kappa shape index (κ3) is 5.25. The van der Waals surface area contributed by atoms with Crippen molar-refractivity contribution in [1.82, 2.24) is 20.4 Å². The molecule has 7 nitrogen and oxygen atoms in total. The van der Waals surface area contributed by atoms with E-state index in [1.807, 2.05) is 20.8 Å². The van der Waals surface area contributed by atoms with E-state index in [0.717, 1.165) is 17.8 Å². The fourth-order valence-corrected chi connectivity index (χ4v) is 3.84. The van der Waals surface area contributed by atoms with Gasteiger partial charge in [0.15, 0.2) is 0 Å². The molecule has 1 aromatic carbocycles. The minimum Gasteiger partial charge on any atom is -0.333 e. The second-order valence-electron chi connectivity index (χ2n) is 7.87. The maximum atomic E-state index is 13.0. The van der Waals surface area contributed by atoms with E-state index >= 15 is 0 Å². The van der Waals surface area contributed by atoms with E-state index in [-0.39, 0.29) is 34.2 Å². The molecule has 0 unspecified atom stereocenters. The highest BCUT2D eigenvalue weighted by Gasteiger charge is 2.29. The SMILES string of the molecule is CC(C)(C)NC(=O)N1CCC[C@@H](c2nnc(C(=O)Nc3ccc(F)cc3)s2)C1. The Balaban J connectivity index is 1.63. The zero-order valence-electron chi connectivity index (χ0n) is 16.2. The van der Waals surface area contributed by atoms with Crippen LogP contribution in [0.5, 0.6) is 0 Å². The van der Waals surface area contributed by atoms with Gasteiger partial charge in [-0.05, 0) is 57.9 Å². The van der Waals surface area contributed by atoms with Crippen LogP contribution in [0.25, 0.3) is 0 Å². The molecule has 0 aliphatic carbocycles. The van der Waals surface area contributed by atoms with Gasteiger partial charge in [0.2, 0.25) is 5.01 Å². The summed E-state index contributed by atoms with van der Waals surface area (Å²) < 4.78 is 13.0. The van der Waals surface area contributed by atoms with E-state index in [1.54, 1.807) is 4.90 Å². The Bertz CT molecular complexity index is 847. The van der Waals surface area contributed by atoms with Crippen molar-refractivity contribution < 1.29 is 14.0 Å². The molecule has 28 heavy (non-hydrogen) atoms. The number of likely N-dealkylation sites (tertiary alicyclic amines) is 1. The predicted molar refractivity (Wildman–Crippen MR) is 106 cm³/mol. The maximum Gasteiger partial charge on any atom is 0.317 e. The topological polar surface area (TPSA) is 87.2 Å². The smallest absolute Gasteiger partial charge is 0.317 e. The molecule has 3 rings (SSSR count). The quantitative estimate of drug-likeness (QED) is 0.817. The van der Waals surface area contributed by atoms with Crippen LogP contribution in [0.2, 0.25) is 0 Å². The summed E-state index contributed by atoms with van der Waals surface area (Å²) in [5, 5.41) is 14.8. The predicted octanol–water partition coefficient (Wildman–Crippen LogP) is 3.62. The monoisotopic (exact) mass is 405 g/mol. The lowest BCUT2D eigenvalue weighted by atomic mass is 9.99. The fraction of sp³-hybridized carbons (Fsp3) is 0.474. The highest BCUT2D eigenvalue weighted by atomic mass is 32.1. The number of anilines is 1. The van der Waals surface area contributed by atoms with Crippen molar-refractivity contribution in [3.8, 4) is 0 Å². The van der Waals surface area contributed by atoms with Crippen LogP contribution in [0.15, 0.2) is 24.3 Å². The number of nitrogens with zero attached hydrogens (tertiary/aromatic N) is 3. The lowest BCUT2D eigenvalue weighted by Crippen LogP contribution is -2.51. The summed E-state index contributed by atoms with van der Waals surface area (Å²) in [5.41, 5.74) is 0.198. The van der Waals surface area contributed by atoms with Crippen molar-refractivity contribution in [2.75, 3.05) is 18.4 Å². The van der Waals surface area contributed by atoms with Gasteiger partial charge in [0.05, 0.1) is 0 Å². The fourth-order valence-electron chi connectivity index (χ4n) is 2.97. The number of aromatic nitrogens is 2. The second kappa shape index (κ2) is 8.22. The van der Waals surface area contributed by atoms with Crippen LogP contribution >= 0.6 is 11.3 Å². The number of piperidine rings is 1. The number of nitrogens with one attached hydrogen (secondary N) is 2. The molecule has 0 saturated carbocycles. The van der Waals surface area contributed by atoms with Crippen molar-refractivity contribution in [3.63, 3.8) is 0 Å². The number of rotatable bonds is 3. The van der Waals surface area contributed by atoms with E-state index in [1.165, 1.54) is 35.6 Å². The molecule has 1 aliphatic heterocycles. The number of amides is 3. The zero-order valence-corrected chi connectivity index (χ0v) is 17.0. The second-order valence-corrected chi connectivity index (χ2v) is 8.88. The van der Waals surface area contributed by atoms with Gasteiger partial charge in [-0.3, -0.25) is 4.79 Å². The Labute approximate surface area is 167 Å². The molecule has 2 heterocycles. The largest absolute Gasteiger partial charge is 0.333 e. The molecule has 150 valence electrons.